The lowest BCUT2D eigenvalue weighted by Gasteiger charge is -2.33. The highest BCUT2D eigenvalue weighted by Crippen LogP contribution is 2.25. The molecule has 112 valence electrons. The SMILES string of the molecule is CCN(C(=O)c1ccc2oc(N)nc2c1)C1CCCCC1. The van der Waals surface area contributed by atoms with Crippen LogP contribution in [0.1, 0.15) is 49.4 Å². The average molecular weight is 287 g/mol. The third kappa shape index (κ3) is 2.73. The molecule has 0 aliphatic heterocycles. The summed E-state index contributed by atoms with van der Waals surface area (Å²) in [5.74, 6) is 0.0767. The molecule has 1 aromatic heterocycles. The highest BCUT2D eigenvalue weighted by atomic mass is 16.4. The summed E-state index contributed by atoms with van der Waals surface area (Å²) in [7, 11) is 0. The van der Waals surface area contributed by atoms with Crippen molar-refractivity contribution in [3.05, 3.63) is 23.8 Å². The van der Waals surface area contributed by atoms with Crippen molar-refractivity contribution in [2.24, 2.45) is 0 Å². The number of carbonyl (C=O) groups is 1. The number of nitrogen functional groups attached to an aromatic ring is 1. The Morgan fingerprint density at radius 1 is 1.38 bits per heavy atom. The van der Waals surface area contributed by atoms with Gasteiger partial charge in [0.2, 0.25) is 0 Å². The summed E-state index contributed by atoms with van der Waals surface area (Å²) in [5, 5.41) is 0. The first kappa shape index (κ1) is 13.9. The maximum atomic E-state index is 12.8. The van der Waals surface area contributed by atoms with Crippen molar-refractivity contribution in [2.75, 3.05) is 12.3 Å². The number of aromatic nitrogens is 1. The van der Waals surface area contributed by atoms with Crippen molar-refractivity contribution < 1.29 is 9.21 Å². The summed E-state index contributed by atoms with van der Waals surface area (Å²) in [6.45, 7) is 2.78. The smallest absolute Gasteiger partial charge is 0.292 e. The molecule has 1 amide bonds. The highest BCUT2D eigenvalue weighted by Gasteiger charge is 2.25. The minimum atomic E-state index is 0.0767. The Balaban J connectivity index is 1.86. The van der Waals surface area contributed by atoms with Gasteiger partial charge in [0.05, 0.1) is 0 Å². The van der Waals surface area contributed by atoms with Crippen molar-refractivity contribution in [3.8, 4) is 0 Å². The van der Waals surface area contributed by atoms with E-state index in [0.29, 0.717) is 22.7 Å². The van der Waals surface area contributed by atoms with E-state index in [9.17, 15) is 4.79 Å². The molecular formula is C16H21N3O2. The van der Waals surface area contributed by atoms with Crippen molar-refractivity contribution in [1.82, 2.24) is 9.88 Å². The lowest BCUT2D eigenvalue weighted by atomic mass is 9.93. The van der Waals surface area contributed by atoms with Crippen LogP contribution in [0.2, 0.25) is 0 Å². The maximum absolute atomic E-state index is 12.8. The number of nitrogens with zero attached hydrogens (tertiary/aromatic N) is 2. The first-order valence-corrected chi connectivity index (χ1v) is 7.66. The number of hydrogen-bond donors (Lipinski definition) is 1. The molecule has 3 rings (SSSR count). The highest BCUT2D eigenvalue weighted by molar-refractivity contribution is 5.97. The Kier molecular flexibility index (Phi) is 3.82. The van der Waals surface area contributed by atoms with Crippen LogP contribution in [-0.2, 0) is 0 Å². The zero-order chi connectivity index (χ0) is 14.8. The molecule has 0 saturated heterocycles. The Bertz CT molecular complexity index is 644. The fourth-order valence-corrected chi connectivity index (χ4v) is 3.20. The monoisotopic (exact) mass is 287 g/mol. The van der Waals surface area contributed by atoms with Gasteiger partial charge in [0.25, 0.3) is 11.9 Å². The van der Waals surface area contributed by atoms with Crippen LogP contribution in [0, 0.1) is 0 Å². The van der Waals surface area contributed by atoms with Gasteiger partial charge in [-0.15, -0.1) is 0 Å². The number of hydrogen-bond acceptors (Lipinski definition) is 4. The van der Waals surface area contributed by atoms with Gasteiger partial charge in [0.15, 0.2) is 5.58 Å². The molecule has 1 fully saturated rings. The molecule has 1 aromatic carbocycles. The first-order valence-electron chi connectivity index (χ1n) is 7.66. The van der Waals surface area contributed by atoms with Gasteiger partial charge in [-0.3, -0.25) is 4.79 Å². The first-order chi connectivity index (χ1) is 10.2. The lowest BCUT2D eigenvalue weighted by molar-refractivity contribution is 0.0648. The zero-order valence-corrected chi connectivity index (χ0v) is 12.3. The van der Waals surface area contributed by atoms with Gasteiger partial charge in [-0.1, -0.05) is 19.3 Å². The lowest BCUT2D eigenvalue weighted by Crippen LogP contribution is -2.41. The minimum absolute atomic E-state index is 0.0767. The van der Waals surface area contributed by atoms with E-state index in [1.807, 2.05) is 11.8 Å². The molecule has 1 heterocycles. The number of nitrogens with two attached hydrogens (primary N) is 1. The standard InChI is InChI=1S/C16H21N3O2/c1-2-19(12-6-4-3-5-7-12)15(20)11-8-9-14-13(10-11)18-16(17)21-14/h8-10,12H,2-7H2,1H3,(H2,17,18). The quantitative estimate of drug-likeness (QED) is 0.940. The molecule has 0 atom stereocenters. The molecule has 0 unspecified atom stereocenters. The van der Waals surface area contributed by atoms with Gasteiger partial charge < -0.3 is 15.1 Å². The van der Waals surface area contributed by atoms with Crippen molar-refractivity contribution in [1.29, 1.82) is 0 Å². The van der Waals surface area contributed by atoms with E-state index in [1.165, 1.54) is 19.3 Å². The average Bonchev–Trinajstić information content (AvgIpc) is 2.88. The van der Waals surface area contributed by atoms with Crippen molar-refractivity contribution >= 4 is 23.0 Å². The molecular weight excluding hydrogens is 266 g/mol. The van der Waals surface area contributed by atoms with Gasteiger partial charge in [-0.05, 0) is 38.0 Å². The summed E-state index contributed by atoms with van der Waals surface area (Å²) in [5.41, 5.74) is 7.45. The zero-order valence-electron chi connectivity index (χ0n) is 12.3. The van der Waals surface area contributed by atoms with Crippen molar-refractivity contribution in [3.63, 3.8) is 0 Å². The number of amides is 1. The van der Waals surface area contributed by atoms with Crippen LogP contribution in [0.5, 0.6) is 0 Å². The molecule has 5 heteroatoms. The van der Waals surface area contributed by atoms with Crippen LogP contribution in [-0.4, -0.2) is 28.4 Å². The van der Waals surface area contributed by atoms with E-state index in [-0.39, 0.29) is 11.9 Å². The molecule has 1 aliphatic rings. The van der Waals surface area contributed by atoms with Crippen LogP contribution in [0.4, 0.5) is 6.01 Å². The van der Waals surface area contributed by atoms with Gasteiger partial charge in [0, 0.05) is 18.2 Å². The number of benzene rings is 1. The van der Waals surface area contributed by atoms with Crippen LogP contribution in [0.25, 0.3) is 11.1 Å². The van der Waals surface area contributed by atoms with E-state index in [0.717, 1.165) is 19.4 Å². The van der Waals surface area contributed by atoms with Crippen LogP contribution in [0.15, 0.2) is 22.6 Å². The maximum Gasteiger partial charge on any atom is 0.292 e. The molecule has 2 N–H and O–H groups in total. The largest absolute Gasteiger partial charge is 0.424 e. The van der Waals surface area contributed by atoms with E-state index in [2.05, 4.69) is 4.98 Å². The molecule has 0 radical (unpaired) electrons. The second-order valence-electron chi connectivity index (χ2n) is 5.62. The second kappa shape index (κ2) is 5.76. The number of fused-ring (bicyclic) bond motifs is 1. The number of anilines is 1. The molecule has 5 nitrogen and oxygen atoms in total. The summed E-state index contributed by atoms with van der Waals surface area (Å²) in [6.07, 6.45) is 5.94. The second-order valence-corrected chi connectivity index (χ2v) is 5.62. The van der Waals surface area contributed by atoms with Gasteiger partial charge in [-0.2, -0.15) is 4.98 Å². The van der Waals surface area contributed by atoms with Crippen molar-refractivity contribution in [2.45, 2.75) is 45.1 Å². The molecule has 2 aromatic rings. The Hall–Kier alpha value is -2.04. The Morgan fingerprint density at radius 2 is 2.14 bits per heavy atom. The molecule has 0 bridgehead atoms. The summed E-state index contributed by atoms with van der Waals surface area (Å²) in [4.78, 5) is 18.8. The predicted octanol–water partition coefficient (Wildman–Crippen LogP) is 3.20. The van der Waals surface area contributed by atoms with Crippen LogP contribution < -0.4 is 5.73 Å². The third-order valence-electron chi connectivity index (χ3n) is 4.27. The van der Waals surface area contributed by atoms with Gasteiger partial charge >= 0.3 is 0 Å². The fraction of sp³-hybridized carbons (Fsp3) is 0.500. The number of carbonyl (C=O) groups excluding carboxylic acids is 1. The molecule has 0 spiro atoms. The van der Waals surface area contributed by atoms with Gasteiger partial charge in [0.1, 0.15) is 5.52 Å². The predicted molar refractivity (Wildman–Crippen MR) is 82.0 cm³/mol. The molecule has 21 heavy (non-hydrogen) atoms. The normalized spacial score (nSPS) is 16.2. The van der Waals surface area contributed by atoms with Crippen LogP contribution >= 0.6 is 0 Å². The van der Waals surface area contributed by atoms with E-state index < -0.39 is 0 Å². The van der Waals surface area contributed by atoms with E-state index >= 15 is 0 Å². The third-order valence-corrected chi connectivity index (χ3v) is 4.27. The number of rotatable bonds is 3. The Labute approximate surface area is 124 Å². The van der Waals surface area contributed by atoms with E-state index in [4.69, 9.17) is 10.2 Å². The number of oxazole rings is 1. The fourth-order valence-electron chi connectivity index (χ4n) is 3.20. The van der Waals surface area contributed by atoms with E-state index in [1.54, 1.807) is 18.2 Å². The topological polar surface area (TPSA) is 72.4 Å². The molecule has 1 aliphatic carbocycles. The Morgan fingerprint density at radius 3 is 2.86 bits per heavy atom. The van der Waals surface area contributed by atoms with Crippen LogP contribution in [0.3, 0.4) is 0 Å². The molecule has 1 saturated carbocycles. The summed E-state index contributed by atoms with van der Waals surface area (Å²) >= 11 is 0. The van der Waals surface area contributed by atoms with Gasteiger partial charge in [-0.25, -0.2) is 0 Å². The summed E-state index contributed by atoms with van der Waals surface area (Å²) in [6, 6.07) is 5.83. The minimum Gasteiger partial charge on any atom is -0.424 e. The summed E-state index contributed by atoms with van der Waals surface area (Å²) < 4.78 is 5.25.